The number of aliphatic hydroxyl groups is 1. The average Bonchev–Trinajstić information content (AvgIpc) is 2.91. The number of hydrogen-bond donors (Lipinski definition) is 2. The van der Waals surface area contributed by atoms with E-state index in [9.17, 15) is 5.11 Å². The molecule has 2 aliphatic carbocycles. The van der Waals surface area contributed by atoms with Crippen LogP contribution in [0, 0.1) is 11.3 Å². The van der Waals surface area contributed by atoms with Crippen molar-refractivity contribution in [2.24, 2.45) is 11.3 Å². The van der Waals surface area contributed by atoms with E-state index in [1.54, 1.807) is 0 Å². The van der Waals surface area contributed by atoms with Crippen molar-refractivity contribution in [3.05, 3.63) is 0 Å². The summed E-state index contributed by atoms with van der Waals surface area (Å²) in [4.78, 5) is 0. The molecule has 0 aromatic rings. The number of hydrogen-bond acceptors (Lipinski definition) is 2. The van der Waals surface area contributed by atoms with Gasteiger partial charge >= 0.3 is 0 Å². The van der Waals surface area contributed by atoms with Gasteiger partial charge in [-0.25, -0.2) is 0 Å². The third kappa shape index (κ3) is 3.45. The number of rotatable bonds is 5. The van der Waals surface area contributed by atoms with Gasteiger partial charge in [0.25, 0.3) is 0 Å². The van der Waals surface area contributed by atoms with Gasteiger partial charge in [-0.15, -0.1) is 0 Å². The summed E-state index contributed by atoms with van der Waals surface area (Å²) in [7, 11) is 0. The van der Waals surface area contributed by atoms with Gasteiger partial charge in [0.2, 0.25) is 0 Å². The Morgan fingerprint density at radius 2 is 1.76 bits per heavy atom. The van der Waals surface area contributed by atoms with Gasteiger partial charge in [-0.1, -0.05) is 32.1 Å². The van der Waals surface area contributed by atoms with Crippen LogP contribution in [0.3, 0.4) is 0 Å². The molecular weight excluding hydrogens is 210 g/mol. The van der Waals surface area contributed by atoms with Crippen LogP contribution in [-0.2, 0) is 0 Å². The molecule has 2 rings (SSSR count). The number of aliphatic hydroxyl groups excluding tert-OH is 1. The highest BCUT2D eigenvalue weighted by molar-refractivity contribution is 4.87. The Morgan fingerprint density at radius 1 is 1.12 bits per heavy atom. The maximum atomic E-state index is 9.68. The fourth-order valence-electron chi connectivity index (χ4n) is 3.69. The molecule has 17 heavy (non-hydrogen) atoms. The molecule has 100 valence electrons. The first-order valence-electron chi connectivity index (χ1n) is 7.60. The standard InChI is InChI=1S/C15H29NO/c1-13(14-7-3-4-8-14)16-11-15(12-17)9-5-2-6-10-15/h13-14,16-17H,2-12H2,1H3. The van der Waals surface area contributed by atoms with Crippen molar-refractivity contribution >= 4 is 0 Å². The molecule has 2 N–H and O–H groups in total. The summed E-state index contributed by atoms with van der Waals surface area (Å²) in [5, 5.41) is 13.4. The van der Waals surface area contributed by atoms with Crippen LogP contribution in [0.1, 0.15) is 64.7 Å². The smallest absolute Gasteiger partial charge is 0.0499 e. The topological polar surface area (TPSA) is 32.3 Å². The van der Waals surface area contributed by atoms with Crippen molar-refractivity contribution in [2.75, 3.05) is 13.2 Å². The van der Waals surface area contributed by atoms with Crippen molar-refractivity contribution in [3.8, 4) is 0 Å². The molecule has 0 heterocycles. The highest BCUT2D eigenvalue weighted by Gasteiger charge is 2.32. The first-order valence-corrected chi connectivity index (χ1v) is 7.60. The lowest BCUT2D eigenvalue weighted by Gasteiger charge is -2.37. The Labute approximate surface area is 106 Å². The summed E-state index contributed by atoms with van der Waals surface area (Å²) < 4.78 is 0. The van der Waals surface area contributed by atoms with Crippen molar-refractivity contribution in [1.82, 2.24) is 5.32 Å². The SMILES string of the molecule is CC(NCC1(CO)CCCCC1)C1CCCC1. The van der Waals surface area contributed by atoms with Gasteiger partial charge in [0.1, 0.15) is 0 Å². The molecule has 2 fully saturated rings. The predicted molar refractivity (Wildman–Crippen MR) is 72.0 cm³/mol. The molecule has 2 heteroatoms. The molecule has 2 nitrogen and oxygen atoms in total. The Morgan fingerprint density at radius 3 is 2.35 bits per heavy atom. The molecule has 0 bridgehead atoms. The predicted octanol–water partition coefficient (Wildman–Crippen LogP) is 3.10. The Hall–Kier alpha value is -0.0800. The van der Waals surface area contributed by atoms with Gasteiger partial charge < -0.3 is 10.4 Å². The Bertz CT molecular complexity index is 217. The van der Waals surface area contributed by atoms with Crippen LogP contribution in [0.25, 0.3) is 0 Å². The fourth-order valence-corrected chi connectivity index (χ4v) is 3.69. The molecular formula is C15H29NO. The lowest BCUT2D eigenvalue weighted by Crippen LogP contribution is -2.44. The average molecular weight is 239 g/mol. The van der Waals surface area contributed by atoms with E-state index in [-0.39, 0.29) is 5.41 Å². The van der Waals surface area contributed by atoms with E-state index in [1.165, 1.54) is 57.8 Å². The van der Waals surface area contributed by atoms with Crippen LogP contribution in [-0.4, -0.2) is 24.3 Å². The lowest BCUT2D eigenvalue weighted by molar-refractivity contribution is 0.0765. The molecule has 0 spiro atoms. The summed E-state index contributed by atoms with van der Waals surface area (Å²) in [6.45, 7) is 3.74. The third-order valence-corrected chi connectivity index (χ3v) is 5.16. The van der Waals surface area contributed by atoms with Gasteiger partial charge in [-0.2, -0.15) is 0 Å². The minimum Gasteiger partial charge on any atom is -0.396 e. The first kappa shape index (κ1) is 13.4. The van der Waals surface area contributed by atoms with Crippen molar-refractivity contribution in [1.29, 1.82) is 0 Å². The molecule has 1 unspecified atom stereocenters. The summed E-state index contributed by atoms with van der Waals surface area (Å²) in [5.41, 5.74) is 0.200. The molecule has 0 radical (unpaired) electrons. The van der Waals surface area contributed by atoms with Crippen LogP contribution in [0.5, 0.6) is 0 Å². The van der Waals surface area contributed by atoms with Crippen LogP contribution >= 0.6 is 0 Å². The van der Waals surface area contributed by atoms with Gasteiger partial charge in [-0.05, 0) is 38.5 Å². The monoisotopic (exact) mass is 239 g/mol. The van der Waals surface area contributed by atoms with Crippen molar-refractivity contribution < 1.29 is 5.11 Å². The maximum absolute atomic E-state index is 9.68. The zero-order valence-corrected chi connectivity index (χ0v) is 11.4. The minimum atomic E-state index is 0.200. The molecule has 0 amide bonds. The van der Waals surface area contributed by atoms with E-state index >= 15 is 0 Å². The number of nitrogens with one attached hydrogen (secondary N) is 1. The molecule has 1 atom stereocenters. The van der Waals surface area contributed by atoms with Crippen molar-refractivity contribution in [2.45, 2.75) is 70.8 Å². The third-order valence-electron chi connectivity index (χ3n) is 5.16. The highest BCUT2D eigenvalue weighted by Crippen LogP contribution is 2.36. The molecule has 0 aliphatic heterocycles. The van der Waals surface area contributed by atoms with E-state index in [0.717, 1.165) is 12.5 Å². The Kier molecular flexibility index (Phi) is 4.87. The highest BCUT2D eigenvalue weighted by atomic mass is 16.3. The fraction of sp³-hybridized carbons (Fsp3) is 1.00. The van der Waals surface area contributed by atoms with Crippen LogP contribution < -0.4 is 5.32 Å². The molecule has 2 aliphatic rings. The summed E-state index contributed by atoms with van der Waals surface area (Å²) in [6.07, 6.45) is 12.0. The summed E-state index contributed by atoms with van der Waals surface area (Å²) in [5.74, 6) is 0.884. The second-order valence-electron chi connectivity index (χ2n) is 6.43. The van der Waals surface area contributed by atoms with Crippen LogP contribution in [0.4, 0.5) is 0 Å². The van der Waals surface area contributed by atoms with E-state index in [0.29, 0.717) is 12.6 Å². The summed E-state index contributed by atoms with van der Waals surface area (Å²) >= 11 is 0. The lowest BCUT2D eigenvalue weighted by atomic mass is 9.74. The van der Waals surface area contributed by atoms with E-state index in [1.807, 2.05) is 0 Å². The first-order chi connectivity index (χ1) is 8.26. The van der Waals surface area contributed by atoms with Crippen molar-refractivity contribution in [3.63, 3.8) is 0 Å². The zero-order chi connectivity index (χ0) is 12.1. The van der Waals surface area contributed by atoms with Crippen LogP contribution in [0.15, 0.2) is 0 Å². The van der Waals surface area contributed by atoms with Crippen LogP contribution in [0.2, 0.25) is 0 Å². The maximum Gasteiger partial charge on any atom is 0.0499 e. The second kappa shape index (κ2) is 6.19. The second-order valence-corrected chi connectivity index (χ2v) is 6.43. The summed E-state index contributed by atoms with van der Waals surface area (Å²) in [6, 6.07) is 0.642. The van der Waals surface area contributed by atoms with Gasteiger partial charge in [-0.3, -0.25) is 0 Å². The zero-order valence-electron chi connectivity index (χ0n) is 11.4. The normalized spacial score (nSPS) is 27.2. The Balaban J connectivity index is 1.78. The quantitative estimate of drug-likeness (QED) is 0.772. The molecule has 2 saturated carbocycles. The van der Waals surface area contributed by atoms with Gasteiger partial charge in [0.05, 0.1) is 0 Å². The largest absolute Gasteiger partial charge is 0.396 e. The van der Waals surface area contributed by atoms with E-state index in [4.69, 9.17) is 0 Å². The molecule has 0 aromatic heterocycles. The van der Waals surface area contributed by atoms with E-state index < -0.39 is 0 Å². The van der Waals surface area contributed by atoms with Gasteiger partial charge in [0, 0.05) is 24.6 Å². The molecule has 0 saturated heterocycles. The minimum absolute atomic E-state index is 0.200. The van der Waals surface area contributed by atoms with Gasteiger partial charge in [0.15, 0.2) is 0 Å². The van der Waals surface area contributed by atoms with E-state index in [2.05, 4.69) is 12.2 Å². The molecule has 0 aromatic carbocycles.